The number of rotatable bonds is 4. The Bertz CT molecular complexity index is 886. The van der Waals surface area contributed by atoms with Crippen LogP contribution < -0.4 is 0 Å². The summed E-state index contributed by atoms with van der Waals surface area (Å²) in [6, 6.07) is 25.7. The zero-order chi connectivity index (χ0) is 19.4. The van der Waals surface area contributed by atoms with Crippen molar-refractivity contribution in [1.82, 2.24) is 0 Å². The van der Waals surface area contributed by atoms with E-state index in [9.17, 15) is 4.79 Å². The van der Waals surface area contributed by atoms with Crippen LogP contribution in [0.15, 0.2) is 78.9 Å². The molecule has 3 aromatic rings. The molecule has 0 heterocycles. The summed E-state index contributed by atoms with van der Waals surface area (Å²) in [5, 5.41) is 0. The molecule has 3 rings (SSSR count). The van der Waals surface area contributed by atoms with Gasteiger partial charge in [0.25, 0.3) is 0 Å². The van der Waals surface area contributed by atoms with E-state index in [1.807, 2.05) is 85.8 Å². The number of carbonyl (C=O) groups is 1. The summed E-state index contributed by atoms with van der Waals surface area (Å²) in [6.45, 7) is 8.51. The van der Waals surface area contributed by atoms with Crippen LogP contribution in [0.5, 0.6) is 0 Å². The minimum atomic E-state index is -0.429. The third-order valence-electron chi connectivity index (χ3n) is 4.69. The molecule has 27 heavy (non-hydrogen) atoms. The Balaban J connectivity index is 1.88. The topological polar surface area (TPSA) is 26.3 Å². The molecule has 0 aliphatic heterocycles. The van der Waals surface area contributed by atoms with E-state index < -0.39 is 6.10 Å². The standard InChI is InChI=1S/C25H26O2/c1-18-10-12-20(13-11-18)23(19-8-6-5-7-9-19)27-24(26)21-14-16-22(17-15-21)25(2,3)4/h5-17,23H,1-4H3/t23-/m0/s1. The van der Waals surface area contributed by atoms with Gasteiger partial charge in [-0.3, -0.25) is 0 Å². The molecule has 0 N–H and O–H groups in total. The molecular formula is C25H26O2. The quantitative estimate of drug-likeness (QED) is 0.516. The highest BCUT2D eigenvalue weighted by molar-refractivity contribution is 5.89. The van der Waals surface area contributed by atoms with E-state index in [1.165, 1.54) is 11.1 Å². The van der Waals surface area contributed by atoms with Gasteiger partial charge in [-0.2, -0.15) is 0 Å². The van der Waals surface area contributed by atoms with Crippen LogP contribution in [0.25, 0.3) is 0 Å². The molecule has 0 unspecified atom stereocenters. The minimum absolute atomic E-state index is 0.0525. The molecule has 3 aromatic carbocycles. The molecule has 0 saturated carbocycles. The summed E-state index contributed by atoms with van der Waals surface area (Å²) >= 11 is 0. The number of ether oxygens (including phenoxy) is 1. The summed E-state index contributed by atoms with van der Waals surface area (Å²) in [4.78, 5) is 12.8. The molecule has 0 bridgehead atoms. The molecule has 1 atom stereocenters. The summed E-state index contributed by atoms with van der Waals surface area (Å²) < 4.78 is 5.94. The van der Waals surface area contributed by atoms with Gasteiger partial charge in [0.2, 0.25) is 0 Å². The smallest absolute Gasteiger partial charge is 0.339 e. The molecular weight excluding hydrogens is 332 g/mol. The third kappa shape index (κ3) is 4.65. The van der Waals surface area contributed by atoms with Crippen molar-refractivity contribution in [1.29, 1.82) is 0 Å². The van der Waals surface area contributed by atoms with E-state index in [4.69, 9.17) is 4.74 Å². The van der Waals surface area contributed by atoms with Crippen molar-refractivity contribution in [3.05, 3.63) is 107 Å². The molecule has 0 aliphatic carbocycles. The molecule has 2 nitrogen and oxygen atoms in total. The van der Waals surface area contributed by atoms with Crippen molar-refractivity contribution in [3.63, 3.8) is 0 Å². The van der Waals surface area contributed by atoms with Crippen molar-refractivity contribution in [2.45, 2.75) is 39.2 Å². The Morgan fingerprint density at radius 2 is 1.33 bits per heavy atom. The first-order valence-corrected chi connectivity index (χ1v) is 9.27. The lowest BCUT2D eigenvalue weighted by molar-refractivity contribution is 0.0378. The lowest BCUT2D eigenvalue weighted by atomic mass is 9.87. The fourth-order valence-corrected chi connectivity index (χ4v) is 2.98. The van der Waals surface area contributed by atoms with Gasteiger partial charge in [-0.15, -0.1) is 0 Å². The largest absolute Gasteiger partial charge is 0.449 e. The summed E-state index contributed by atoms with van der Waals surface area (Å²) in [6.07, 6.45) is -0.429. The van der Waals surface area contributed by atoms with Crippen LogP contribution in [0.3, 0.4) is 0 Å². The van der Waals surface area contributed by atoms with Crippen LogP contribution in [0.1, 0.15) is 59.5 Å². The highest BCUT2D eigenvalue weighted by Gasteiger charge is 2.21. The Labute approximate surface area is 161 Å². The Kier molecular flexibility index (Phi) is 5.46. The molecule has 0 amide bonds. The number of carbonyl (C=O) groups excluding carboxylic acids is 1. The SMILES string of the molecule is Cc1ccc([C@@H](OC(=O)c2ccc(C(C)(C)C)cc2)c2ccccc2)cc1. The second-order valence-electron chi connectivity index (χ2n) is 7.93. The predicted octanol–water partition coefficient (Wildman–Crippen LogP) is 6.24. The van der Waals surface area contributed by atoms with E-state index >= 15 is 0 Å². The first-order valence-electron chi connectivity index (χ1n) is 9.27. The number of aryl methyl sites for hydroxylation is 1. The molecule has 0 radical (unpaired) electrons. The molecule has 0 aromatic heterocycles. The van der Waals surface area contributed by atoms with Crippen molar-refractivity contribution < 1.29 is 9.53 Å². The third-order valence-corrected chi connectivity index (χ3v) is 4.69. The summed E-state index contributed by atoms with van der Waals surface area (Å²) in [7, 11) is 0. The summed E-state index contributed by atoms with van der Waals surface area (Å²) in [5.41, 5.74) is 4.91. The lowest BCUT2D eigenvalue weighted by Crippen LogP contribution is -2.14. The van der Waals surface area contributed by atoms with Gasteiger partial charge in [0.1, 0.15) is 0 Å². The number of benzene rings is 3. The summed E-state index contributed by atoms with van der Waals surface area (Å²) in [5.74, 6) is -0.315. The maximum absolute atomic E-state index is 12.8. The second-order valence-corrected chi connectivity index (χ2v) is 7.93. The van der Waals surface area contributed by atoms with Crippen molar-refractivity contribution in [2.24, 2.45) is 0 Å². The van der Waals surface area contributed by atoms with Crippen LogP contribution in [0, 0.1) is 6.92 Å². The van der Waals surface area contributed by atoms with Gasteiger partial charge in [-0.25, -0.2) is 4.79 Å². The van der Waals surface area contributed by atoms with E-state index in [0.717, 1.165) is 11.1 Å². The fraction of sp³-hybridized carbons (Fsp3) is 0.240. The maximum Gasteiger partial charge on any atom is 0.339 e. The first kappa shape index (κ1) is 18.9. The minimum Gasteiger partial charge on any atom is -0.449 e. The molecule has 0 spiro atoms. The van der Waals surface area contributed by atoms with Gasteiger partial charge < -0.3 is 4.74 Å². The van der Waals surface area contributed by atoms with E-state index in [-0.39, 0.29) is 11.4 Å². The van der Waals surface area contributed by atoms with Crippen molar-refractivity contribution in [3.8, 4) is 0 Å². The molecule has 0 aliphatic rings. The monoisotopic (exact) mass is 358 g/mol. The van der Waals surface area contributed by atoms with E-state index in [1.54, 1.807) is 0 Å². The molecule has 0 fully saturated rings. The van der Waals surface area contributed by atoms with Crippen LogP contribution in [0.4, 0.5) is 0 Å². The fourth-order valence-electron chi connectivity index (χ4n) is 2.98. The van der Waals surface area contributed by atoms with Gasteiger partial charge >= 0.3 is 5.97 Å². The van der Waals surface area contributed by atoms with Crippen LogP contribution in [-0.4, -0.2) is 5.97 Å². The van der Waals surface area contributed by atoms with Gasteiger partial charge in [-0.1, -0.05) is 93.1 Å². The van der Waals surface area contributed by atoms with Crippen LogP contribution in [-0.2, 0) is 10.2 Å². The molecule has 2 heteroatoms. The van der Waals surface area contributed by atoms with Crippen molar-refractivity contribution in [2.75, 3.05) is 0 Å². The van der Waals surface area contributed by atoms with Gasteiger partial charge in [0, 0.05) is 0 Å². The van der Waals surface area contributed by atoms with Gasteiger partial charge in [0.05, 0.1) is 5.56 Å². The van der Waals surface area contributed by atoms with Gasteiger partial charge in [0.15, 0.2) is 6.10 Å². The Morgan fingerprint density at radius 1 is 0.778 bits per heavy atom. The predicted molar refractivity (Wildman–Crippen MR) is 110 cm³/mol. The van der Waals surface area contributed by atoms with Crippen LogP contribution >= 0.6 is 0 Å². The number of hydrogen-bond donors (Lipinski definition) is 0. The van der Waals surface area contributed by atoms with Gasteiger partial charge in [-0.05, 0) is 41.2 Å². The average molecular weight is 358 g/mol. The Morgan fingerprint density at radius 3 is 1.89 bits per heavy atom. The zero-order valence-electron chi connectivity index (χ0n) is 16.4. The zero-order valence-corrected chi connectivity index (χ0v) is 16.4. The highest BCUT2D eigenvalue weighted by atomic mass is 16.5. The van der Waals surface area contributed by atoms with Crippen LogP contribution in [0.2, 0.25) is 0 Å². The molecule has 0 saturated heterocycles. The normalized spacial score (nSPS) is 12.4. The first-order chi connectivity index (χ1) is 12.8. The second kappa shape index (κ2) is 7.79. The number of hydrogen-bond acceptors (Lipinski definition) is 2. The highest BCUT2D eigenvalue weighted by Crippen LogP contribution is 2.28. The lowest BCUT2D eigenvalue weighted by Gasteiger charge is -2.21. The van der Waals surface area contributed by atoms with Crippen molar-refractivity contribution >= 4 is 5.97 Å². The average Bonchev–Trinajstić information content (AvgIpc) is 2.67. The van der Waals surface area contributed by atoms with E-state index in [2.05, 4.69) is 20.8 Å². The maximum atomic E-state index is 12.8. The Hall–Kier alpha value is -2.87. The molecule has 138 valence electrons. The number of esters is 1. The van der Waals surface area contributed by atoms with E-state index in [0.29, 0.717) is 5.56 Å².